The lowest BCUT2D eigenvalue weighted by Crippen LogP contribution is -2.50. The second-order valence-electron chi connectivity index (χ2n) is 7.43. The third kappa shape index (κ3) is 3.52. The lowest BCUT2D eigenvalue weighted by Gasteiger charge is -2.37. The average Bonchev–Trinajstić information content (AvgIpc) is 3.15. The van der Waals surface area contributed by atoms with Crippen LogP contribution >= 0.6 is 0 Å². The van der Waals surface area contributed by atoms with E-state index in [9.17, 15) is 9.59 Å². The molecule has 0 saturated carbocycles. The first-order chi connectivity index (χ1) is 13.7. The number of carbonyl (C=O) groups excluding carboxylic acids is 2. The van der Waals surface area contributed by atoms with Crippen LogP contribution in [0.1, 0.15) is 30.5 Å². The fourth-order valence-electron chi connectivity index (χ4n) is 4.25. The number of rotatable bonds is 4. The molecular weight excluding hydrogens is 352 g/mol. The van der Waals surface area contributed by atoms with E-state index in [1.165, 1.54) is 0 Å². The van der Waals surface area contributed by atoms with Crippen molar-refractivity contribution in [2.24, 2.45) is 5.92 Å². The lowest BCUT2D eigenvalue weighted by atomic mass is 10.0. The van der Waals surface area contributed by atoms with Gasteiger partial charge in [-0.25, -0.2) is 0 Å². The maximum absolute atomic E-state index is 13.4. The van der Waals surface area contributed by atoms with Gasteiger partial charge in [0.25, 0.3) is 0 Å². The van der Waals surface area contributed by atoms with E-state index in [1.54, 1.807) is 11.1 Å². The van der Waals surface area contributed by atoms with Crippen LogP contribution in [0.2, 0.25) is 0 Å². The molecule has 0 radical (unpaired) electrons. The van der Waals surface area contributed by atoms with Gasteiger partial charge >= 0.3 is 0 Å². The minimum Gasteiger partial charge on any atom is -0.333 e. The summed E-state index contributed by atoms with van der Waals surface area (Å²) in [5.41, 5.74) is 3.11. The summed E-state index contributed by atoms with van der Waals surface area (Å²) < 4.78 is 0. The van der Waals surface area contributed by atoms with Crippen LogP contribution in [0.25, 0.3) is 0 Å². The highest BCUT2D eigenvalue weighted by Crippen LogP contribution is 2.31. The second kappa shape index (κ2) is 8.10. The average molecular weight is 378 g/mol. The molecule has 0 aliphatic carbocycles. The molecule has 2 saturated heterocycles. The molecule has 28 heavy (non-hydrogen) atoms. The van der Waals surface area contributed by atoms with Gasteiger partial charge in [0.05, 0.1) is 12.0 Å². The summed E-state index contributed by atoms with van der Waals surface area (Å²) in [5.74, 6) is -0.192. The minimum absolute atomic E-state index is 0.0345. The highest BCUT2D eigenvalue weighted by molar-refractivity contribution is 6.01. The Kier molecular flexibility index (Phi) is 5.39. The summed E-state index contributed by atoms with van der Waals surface area (Å²) in [5, 5.41) is 3.37. The number of anilines is 1. The first-order valence-electron chi connectivity index (χ1n) is 9.98. The van der Waals surface area contributed by atoms with E-state index in [0.717, 1.165) is 29.8 Å². The first kappa shape index (κ1) is 18.6. The molecule has 2 aliphatic heterocycles. The number of nitrogens with zero attached hydrogens (tertiary/aromatic N) is 3. The Morgan fingerprint density at radius 1 is 1.25 bits per heavy atom. The Morgan fingerprint density at radius 3 is 2.89 bits per heavy atom. The second-order valence-corrected chi connectivity index (χ2v) is 7.43. The zero-order valence-corrected chi connectivity index (χ0v) is 16.2. The summed E-state index contributed by atoms with van der Waals surface area (Å²) in [6.45, 7) is 4.67. The van der Waals surface area contributed by atoms with E-state index < -0.39 is 0 Å². The van der Waals surface area contributed by atoms with E-state index in [0.29, 0.717) is 19.6 Å². The van der Waals surface area contributed by atoms with Crippen molar-refractivity contribution in [2.75, 3.05) is 31.1 Å². The van der Waals surface area contributed by atoms with E-state index in [2.05, 4.69) is 17.2 Å². The number of carbonyl (C=O) groups is 2. The van der Waals surface area contributed by atoms with Gasteiger partial charge in [0.1, 0.15) is 0 Å². The van der Waals surface area contributed by atoms with Crippen molar-refractivity contribution in [2.45, 2.75) is 25.8 Å². The van der Waals surface area contributed by atoms with E-state index in [4.69, 9.17) is 0 Å². The molecule has 146 valence electrons. The smallest absolute Gasteiger partial charge is 0.228 e. The van der Waals surface area contributed by atoms with Crippen molar-refractivity contribution in [1.29, 1.82) is 0 Å². The molecule has 1 aromatic carbocycles. The summed E-state index contributed by atoms with van der Waals surface area (Å²) in [6.07, 6.45) is 4.70. The fourth-order valence-corrected chi connectivity index (χ4v) is 4.25. The van der Waals surface area contributed by atoms with Gasteiger partial charge in [-0.2, -0.15) is 0 Å². The summed E-state index contributed by atoms with van der Waals surface area (Å²) in [4.78, 5) is 34.0. The molecule has 4 rings (SSSR count). The van der Waals surface area contributed by atoms with Gasteiger partial charge in [-0.3, -0.25) is 14.6 Å². The molecule has 0 bridgehead atoms. The first-order valence-corrected chi connectivity index (χ1v) is 9.98. The summed E-state index contributed by atoms with van der Waals surface area (Å²) >= 11 is 0. The fraction of sp³-hybridized carbons (Fsp3) is 0.409. The molecule has 6 nitrogen and oxygen atoms in total. The van der Waals surface area contributed by atoms with Gasteiger partial charge in [-0.1, -0.05) is 31.2 Å². The van der Waals surface area contributed by atoms with Crippen molar-refractivity contribution in [3.8, 4) is 0 Å². The van der Waals surface area contributed by atoms with Crippen LogP contribution in [0.15, 0.2) is 48.8 Å². The molecule has 2 amide bonds. The maximum atomic E-state index is 13.4. The third-order valence-corrected chi connectivity index (χ3v) is 5.73. The van der Waals surface area contributed by atoms with Gasteiger partial charge in [0.2, 0.25) is 11.8 Å². The highest BCUT2D eigenvalue weighted by atomic mass is 16.2. The number of pyridine rings is 1. The molecule has 1 N–H and O–H groups in total. The molecule has 3 heterocycles. The Balaban J connectivity index is 1.54. The van der Waals surface area contributed by atoms with Crippen molar-refractivity contribution in [1.82, 2.24) is 15.2 Å². The minimum atomic E-state index is -0.297. The van der Waals surface area contributed by atoms with Crippen LogP contribution in [0.4, 0.5) is 5.69 Å². The molecule has 2 unspecified atom stereocenters. The van der Waals surface area contributed by atoms with Gasteiger partial charge in [-0.15, -0.1) is 0 Å². The monoisotopic (exact) mass is 378 g/mol. The van der Waals surface area contributed by atoms with Gasteiger partial charge < -0.3 is 15.1 Å². The van der Waals surface area contributed by atoms with E-state index >= 15 is 0 Å². The highest BCUT2D eigenvalue weighted by Gasteiger charge is 2.40. The normalized spacial score (nSPS) is 22.5. The molecular formula is C22H26N4O2. The van der Waals surface area contributed by atoms with Crippen LogP contribution in [0.5, 0.6) is 0 Å². The SMILES string of the molecule is CCc1ccccc1N1CC(C(=O)N2CCNCC2c2cccnc2)CC1=O. The number of para-hydroxylation sites is 1. The summed E-state index contributed by atoms with van der Waals surface area (Å²) in [6, 6.07) is 11.8. The van der Waals surface area contributed by atoms with Crippen molar-refractivity contribution < 1.29 is 9.59 Å². The quantitative estimate of drug-likeness (QED) is 0.886. The van der Waals surface area contributed by atoms with Gasteiger partial charge in [0, 0.05) is 50.7 Å². The molecule has 0 spiro atoms. The van der Waals surface area contributed by atoms with E-state index in [-0.39, 0.29) is 30.2 Å². The number of benzene rings is 1. The molecule has 1 aromatic heterocycles. The van der Waals surface area contributed by atoms with Crippen LogP contribution in [0.3, 0.4) is 0 Å². The zero-order valence-electron chi connectivity index (χ0n) is 16.2. The van der Waals surface area contributed by atoms with Crippen LogP contribution in [-0.4, -0.2) is 47.9 Å². The Labute approximate surface area is 165 Å². The number of amides is 2. The van der Waals surface area contributed by atoms with Crippen LogP contribution in [-0.2, 0) is 16.0 Å². The van der Waals surface area contributed by atoms with Crippen molar-refractivity contribution in [3.63, 3.8) is 0 Å². The molecule has 2 aromatic rings. The predicted molar refractivity (Wildman–Crippen MR) is 108 cm³/mol. The Morgan fingerprint density at radius 2 is 2.11 bits per heavy atom. The number of aryl methyl sites for hydroxylation is 1. The molecule has 2 fully saturated rings. The largest absolute Gasteiger partial charge is 0.333 e. The van der Waals surface area contributed by atoms with Gasteiger partial charge in [-0.05, 0) is 29.7 Å². The van der Waals surface area contributed by atoms with Crippen molar-refractivity contribution >= 4 is 17.5 Å². The number of piperazine rings is 1. The van der Waals surface area contributed by atoms with Gasteiger partial charge in [0.15, 0.2) is 0 Å². The molecule has 6 heteroatoms. The summed E-state index contributed by atoms with van der Waals surface area (Å²) in [7, 11) is 0. The predicted octanol–water partition coefficient (Wildman–Crippen LogP) is 2.17. The van der Waals surface area contributed by atoms with E-state index in [1.807, 2.05) is 47.5 Å². The number of aromatic nitrogens is 1. The zero-order chi connectivity index (χ0) is 19.5. The topological polar surface area (TPSA) is 65.5 Å². The molecule has 2 aliphatic rings. The van der Waals surface area contributed by atoms with Crippen molar-refractivity contribution in [3.05, 3.63) is 59.9 Å². The number of nitrogens with one attached hydrogen (secondary N) is 1. The number of hydrogen-bond donors (Lipinski definition) is 1. The van der Waals surface area contributed by atoms with Crippen LogP contribution < -0.4 is 10.2 Å². The maximum Gasteiger partial charge on any atom is 0.228 e. The standard InChI is InChI=1S/C22H26N4O2/c1-2-16-6-3-4-8-19(16)26-15-18(12-21(26)27)22(28)25-11-10-24-14-20(25)17-7-5-9-23-13-17/h3-9,13,18,20,24H,2,10-12,14-15H2,1H3. The van der Waals surface area contributed by atoms with Crippen LogP contribution in [0, 0.1) is 5.92 Å². The lowest BCUT2D eigenvalue weighted by molar-refractivity contribution is -0.139. The Hall–Kier alpha value is -2.73. The molecule has 2 atom stereocenters. The Bertz CT molecular complexity index is 855. The third-order valence-electron chi connectivity index (χ3n) is 5.73. The number of hydrogen-bond acceptors (Lipinski definition) is 4.